The van der Waals surface area contributed by atoms with Crippen LogP contribution in [-0.4, -0.2) is 27.2 Å². The van der Waals surface area contributed by atoms with Crippen molar-refractivity contribution in [1.29, 1.82) is 0 Å². The van der Waals surface area contributed by atoms with Gasteiger partial charge in [-0.05, 0) is 47.4 Å². The molecule has 0 aliphatic heterocycles. The van der Waals surface area contributed by atoms with E-state index in [1.54, 1.807) is 0 Å². The van der Waals surface area contributed by atoms with Gasteiger partial charge in [-0.1, -0.05) is 59.0 Å². The van der Waals surface area contributed by atoms with Crippen molar-refractivity contribution in [3.8, 4) is 0 Å². The van der Waals surface area contributed by atoms with Crippen molar-refractivity contribution in [2.24, 2.45) is 0 Å². The van der Waals surface area contributed by atoms with E-state index in [9.17, 15) is 4.79 Å². The molecule has 0 aliphatic carbocycles. The van der Waals surface area contributed by atoms with Crippen LogP contribution in [0.1, 0.15) is 52.4 Å². The van der Waals surface area contributed by atoms with Gasteiger partial charge in [0.05, 0.1) is 0 Å². The number of ether oxygens (including phenoxy) is 2. The summed E-state index contributed by atoms with van der Waals surface area (Å²) in [6.07, 6.45) is 5.26. The predicted octanol–water partition coefficient (Wildman–Crippen LogP) is 5.13. The van der Waals surface area contributed by atoms with E-state index in [1.807, 2.05) is 13.8 Å². The second kappa shape index (κ2) is 12.7. The third-order valence-electron chi connectivity index (χ3n) is 2.76. The zero-order chi connectivity index (χ0) is 13.8. The lowest BCUT2D eigenvalue weighted by Gasteiger charge is -2.19. The second-order valence-electron chi connectivity index (χ2n) is 4.21. The summed E-state index contributed by atoms with van der Waals surface area (Å²) in [6.45, 7) is 4.08. The summed E-state index contributed by atoms with van der Waals surface area (Å²) < 4.78 is 12.9. The van der Waals surface area contributed by atoms with E-state index in [1.165, 1.54) is 0 Å². The maximum Gasteiger partial charge on any atom is 0.508 e. The number of alkyl halides is 2. The minimum absolute atomic E-state index is 0.00865. The molecule has 0 heterocycles. The van der Waals surface area contributed by atoms with Gasteiger partial charge in [0, 0.05) is 0 Å². The summed E-state index contributed by atoms with van der Waals surface area (Å²) in [5.41, 5.74) is 0. The molecule has 0 aliphatic rings. The standard InChI is InChI=1S/C13H24I2O3/c1-3-11(7-5-9-14)17-13(16)18-12(4-2)8-6-10-15/h11-12H,3-10H2,1-2H3. The van der Waals surface area contributed by atoms with Crippen molar-refractivity contribution in [3.63, 3.8) is 0 Å². The number of halogens is 2. The fourth-order valence-electron chi connectivity index (χ4n) is 1.60. The van der Waals surface area contributed by atoms with Crippen LogP contribution in [0, 0.1) is 0 Å². The molecular formula is C13H24I2O3. The van der Waals surface area contributed by atoms with Crippen molar-refractivity contribution in [2.75, 3.05) is 8.86 Å². The first kappa shape index (κ1) is 18.7. The van der Waals surface area contributed by atoms with E-state index in [2.05, 4.69) is 45.2 Å². The van der Waals surface area contributed by atoms with Crippen molar-refractivity contribution in [3.05, 3.63) is 0 Å². The zero-order valence-electron chi connectivity index (χ0n) is 11.3. The molecule has 0 radical (unpaired) electrons. The number of carbonyl (C=O) groups is 1. The Balaban J connectivity index is 3.96. The largest absolute Gasteiger partial charge is 0.508 e. The van der Waals surface area contributed by atoms with Gasteiger partial charge in [-0.15, -0.1) is 0 Å². The Morgan fingerprint density at radius 1 is 0.944 bits per heavy atom. The molecule has 18 heavy (non-hydrogen) atoms. The third kappa shape index (κ3) is 9.63. The molecule has 0 fully saturated rings. The molecule has 0 aromatic heterocycles. The van der Waals surface area contributed by atoms with E-state index < -0.39 is 6.16 Å². The Bertz CT molecular complexity index is 192. The van der Waals surface area contributed by atoms with E-state index in [-0.39, 0.29) is 12.2 Å². The Morgan fingerprint density at radius 3 is 1.61 bits per heavy atom. The lowest BCUT2D eigenvalue weighted by molar-refractivity contribution is -0.00760. The van der Waals surface area contributed by atoms with Crippen LogP contribution in [0.25, 0.3) is 0 Å². The van der Waals surface area contributed by atoms with E-state index in [4.69, 9.17) is 9.47 Å². The van der Waals surface area contributed by atoms with Crippen LogP contribution in [0.2, 0.25) is 0 Å². The van der Waals surface area contributed by atoms with Crippen LogP contribution in [0.5, 0.6) is 0 Å². The van der Waals surface area contributed by atoms with Gasteiger partial charge in [0.25, 0.3) is 0 Å². The van der Waals surface area contributed by atoms with Gasteiger partial charge in [-0.25, -0.2) is 4.79 Å². The molecule has 2 unspecified atom stereocenters. The summed E-state index contributed by atoms with van der Waals surface area (Å²) in [4.78, 5) is 11.7. The highest BCUT2D eigenvalue weighted by atomic mass is 127. The second-order valence-corrected chi connectivity index (χ2v) is 6.37. The van der Waals surface area contributed by atoms with Gasteiger partial charge in [-0.2, -0.15) is 0 Å². The number of rotatable bonds is 10. The quantitative estimate of drug-likeness (QED) is 0.246. The van der Waals surface area contributed by atoms with E-state index >= 15 is 0 Å². The molecule has 108 valence electrons. The highest BCUT2D eigenvalue weighted by Gasteiger charge is 2.17. The highest BCUT2D eigenvalue weighted by Crippen LogP contribution is 2.13. The van der Waals surface area contributed by atoms with Crippen LogP contribution in [-0.2, 0) is 9.47 Å². The Morgan fingerprint density at radius 2 is 1.33 bits per heavy atom. The molecule has 0 bridgehead atoms. The molecule has 0 aromatic rings. The molecule has 0 rings (SSSR count). The number of hydrogen-bond donors (Lipinski definition) is 0. The first-order valence-corrected chi connectivity index (χ1v) is 9.72. The minimum Gasteiger partial charge on any atom is -0.431 e. The Labute approximate surface area is 138 Å². The summed E-state index contributed by atoms with van der Waals surface area (Å²) in [7, 11) is 0. The lowest BCUT2D eigenvalue weighted by atomic mass is 10.1. The van der Waals surface area contributed by atoms with Gasteiger partial charge in [0.2, 0.25) is 0 Å². The number of hydrogen-bond acceptors (Lipinski definition) is 3. The number of carbonyl (C=O) groups excluding carboxylic acids is 1. The summed E-state index contributed by atoms with van der Waals surface area (Å²) in [6, 6.07) is 0. The monoisotopic (exact) mass is 482 g/mol. The highest BCUT2D eigenvalue weighted by molar-refractivity contribution is 14.1. The maximum absolute atomic E-state index is 11.7. The van der Waals surface area contributed by atoms with Crippen molar-refractivity contribution >= 4 is 51.3 Å². The first-order chi connectivity index (χ1) is 8.67. The zero-order valence-corrected chi connectivity index (χ0v) is 15.6. The van der Waals surface area contributed by atoms with Crippen LogP contribution in [0.3, 0.4) is 0 Å². The molecule has 3 nitrogen and oxygen atoms in total. The molecule has 0 saturated heterocycles. The molecule has 0 spiro atoms. The fourth-order valence-corrected chi connectivity index (χ4v) is 2.48. The van der Waals surface area contributed by atoms with Crippen LogP contribution >= 0.6 is 45.2 Å². The van der Waals surface area contributed by atoms with Gasteiger partial charge in [-0.3, -0.25) is 0 Å². The third-order valence-corrected chi connectivity index (χ3v) is 4.28. The summed E-state index contributed by atoms with van der Waals surface area (Å²) >= 11 is 4.68. The van der Waals surface area contributed by atoms with Crippen molar-refractivity contribution < 1.29 is 14.3 Å². The average Bonchev–Trinajstić information content (AvgIpc) is 2.39. The Kier molecular flexibility index (Phi) is 13.3. The average molecular weight is 482 g/mol. The maximum atomic E-state index is 11.7. The predicted molar refractivity (Wildman–Crippen MR) is 92.0 cm³/mol. The normalized spacial score (nSPS) is 14.0. The fraction of sp³-hybridized carbons (Fsp3) is 0.923. The molecular weight excluding hydrogens is 458 g/mol. The van der Waals surface area contributed by atoms with E-state index in [0.717, 1.165) is 47.4 Å². The van der Waals surface area contributed by atoms with Crippen molar-refractivity contribution in [1.82, 2.24) is 0 Å². The van der Waals surface area contributed by atoms with E-state index in [0.29, 0.717) is 0 Å². The molecule has 0 saturated carbocycles. The molecule has 5 heteroatoms. The summed E-state index contributed by atoms with van der Waals surface area (Å²) in [5.74, 6) is 0. The van der Waals surface area contributed by atoms with Gasteiger partial charge in [0.15, 0.2) is 0 Å². The molecule has 0 N–H and O–H groups in total. The molecule has 0 amide bonds. The summed E-state index contributed by atoms with van der Waals surface area (Å²) in [5, 5.41) is 0. The SMILES string of the molecule is CCC(CCCI)OC(=O)OC(CC)CCCI. The van der Waals surface area contributed by atoms with Gasteiger partial charge in [0.1, 0.15) is 12.2 Å². The molecule has 0 aromatic carbocycles. The first-order valence-electron chi connectivity index (χ1n) is 6.67. The van der Waals surface area contributed by atoms with Crippen LogP contribution < -0.4 is 0 Å². The molecule has 2 atom stereocenters. The Hall–Kier alpha value is 0.730. The van der Waals surface area contributed by atoms with Crippen LogP contribution in [0.15, 0.2) is 0 Å². The van der Waals surface area contributed by atoms with Crippen molar-refractivity contribution in [2.45, 2.75) is 64.6 Å². The topological polar surface area (TPSA) is 35.5 Å². The lowest BCUT2D eigenvalue weighted by Crippen LogP contribution is -2.23. The minimum atomic E-state index is -0.490. The van der Waals surface area contributed by atoms with Gasteiger partial charge >= 0.3 is 6.16 Å². The smallest absolute Gasteiger partial charge is 0.431 e. The van der Waals surface area contributed by atoms with Crippen LogP contribution in [0.4, 0.5) is 4.79 Å². The van der Waals surface area contributed by atoms with Gasteiger partial charge < -0.3 is 9.47 Å².